The zero-order valence-corrected chi connectivity index (χ0v) is 12.4. The van der Waals surface area contributed by atoms with Gasteiger partial charge in [0.05, 0.1) is 12.1 Å². The standard InChI is InChI=1S/C14H16BrN3O/c1-14(7-4-8-14)16-9-12-17-18-13(19-12)10-5-2-3-6-11(10)15/h2-3,5-6,16H,4,7-9H2,1H3. The van der Waals surface area contributed by atoms with Crippen molar-refractivity contribution in [3.8, 4) is 11.5 Å². The first kappa shape index (κ1) is 12.8. The average Bonchev–Trinajstić information content (AvgIpc) is 2.83. The van der Waals surface area contributed by atoms with E-state index in [0.29, 0.717) is 18.3 Å². The third-order valence-electron chi connectivity index (χ3n) is 3.69. The summed E-state index contributed by atoms with van der Waals surface area (Å²) in [4.78, 5) is 0. The lowest BCUT2D eigenvalue weighted by Gasteiger charge is -2.39. The molecule has 2 aromatic rings. The molecule has 0 aliphatic heterocycles. The number of hydrogen-bond donors (Lipinski definition) is 1. The molecule has 1 aliphatic rings. The van der Waals surface area contributed by atoms with E-state index in [2.05, 4.69) is 38.4 Å². The van der Waals surface area contributed by atoms with Crippen LogP contribution in [0.2, 0.25) is 0 Å². The van der Waals surface area contributed by atoms with Crippen molar-refractivity contribution in [3.63, 3.8) is 0 Å². The van der Waals surface area contributed by atoms with Crippen molar-refractivity contribution in [2.45, 2.75) is 38.3 Å². The van der Waals surface area contributed by atoms with Crippen LogP contribution < -0.4 is 5.32 Å². The summed E-state index contributed by atoms with van der Waals surface area (Å²) in [7, 11) is 0. The van der Waals surface area contributed by atoms with E-state index in [-0.39, 0.29) is 5.54 Å². The van der Waals surface area contributed by atoms with Gasteiger partial charge >= 0.3 is 0 Å². The quantitative estimate of drug-likeness (QED) is 0.935. The van der Waals surface area contributed by atoms with Gasteiger partial charge in [-0.3, -0.25) is 0 Å². The Kier molecular flexibility index (Phi) is 3.41. The van der Waals surface area contributed by atoms with E-state index in [1.165, 1.54) is 19.3 Å². The number of benzene rings is 1. The predicted octanol–water partition coefficient (Wildman–Crippen LogP) is 3.53. The van der Waals surface area contributed by atoms with Crippen molar-refractivity contribution in [3.05, 3.63) is 34.6 Å². The van der Waals surface area contributed by atoms with Crippen molar-refractivity contribution in [1.29, 1.82) is 0 Å². The molecule has 0 saturated heterocycles. The van der Waals surface area contributed by atoms with Crippen LogP contribution in [0.4, 0.5) is 0 Å². The van der Waals surface area contributed by atoms with Crippen LogP contribution in [0.25, 0.3) is 11.5 Å². The van der Waals surface area contributed by atoms with Gasteiger partial charge in [0.2, 0.25) is 11.8 Å². The number of hydrogen-bond acceptors (Lipinski definition) is 4. The third kappa shape index (κ3) is 2.72. The predicted molar refractivity (Wildman–Crippen MR) is 76.5 cm³/mol. The topological polar surface area (TPSA) is 51.0 Å². The Hall–Kier alpha value is -1.20. The Morgan fingerprint density at radius 3 is 2.79 bits per heavy atom. The molecular weight excluding hydrogens is 306 g/mol. The van der Waals surface area contributed by atoms with Crippen molar-refractivity contribution < 1.29 is 4.42 Å². The fraction of sp³-hybridized carbons (Fsp3) is 0.429. The maximum Gasteiger partial charge on any atom is 0.248 e. The van der Waals surface area contributed by atoms with Gasteiger partial charge in [0.15, 0.2) is 0 Å². The van der Waals surface area contributed by atoms with Gasteiger partial charge in [0, 0.05) is 10.0 Å². The lowest BCUT2D eigenvalue weighted by molar-refractivity contribution is 0.200. The van der Waals surface area contributed by atoms with E-state index in [0.717, 1.165) is 10.0 Å². The van der Waals surface area contributed by atoms with Crippen LogP contribution in [0.1, 0.15) is 32.1 Å². The first-order valence-electron chi connectivity index (χ1n) is 6.49. The molecule has 1 heterocycles. The van der Waals surface area contributed by atoms with Crippen LogP contribution in [0, 0.1) is 0 Å². The maximum atomic E-state index is 5.70. The van der Waals surface area contributed by atoms with Crippen molar-refractivity contribution >= 4 is 15.9 Å². The van der Waals surface area contributed by atoms with Crippen molar-refractivity contribution in [2.24, 2.45) is 0 Å². The van der Waals surface area contributed by atoms with E-state index in [1.807, 2.05) is 24.3 Å². The van der Waals surface area contributed by atoms with Crippen LogP contribution in [0.3, 0.4) is 0 Å². The highest BCUT2D eigenvalue weighted by Gasteiger charge is 2.31. The Balaban J connectivity index is 1.71. The van der Waals surface area contributed by atoms with Crippen LogP contribution in [-0.4, -0.2) is 15.7 Å². The normalized spacial score (nSPS) is 17.2. The van der Waals surface area contributed by atoms with E-state index in [9.17, 15) is 0 Å². The molecular formula is C14H16BrN3O. The van der Waals surface area contributed by atoms with Crippen LogP contribution in [-0.2, 0) is 6.54 Å². The zero-order chi connectivity index (χ0) is 13.3. The fourth-order valence-corrected chi connectivity index (χ4v) is 2.70. The van der Waals surface area contributed by atoms with E-state index in [1.54, 1.807) is 0 Å². The minimum atomic E-state index is 0.252. The summed E-state index contributed by atoms with van der Waals surface area (Å²) >= 11 is 3.49. The molecule has 1 aromatic heterocycles. The first-order chi connectivity index (χ1) is 9.16. The maximum absolute atomic E-state index is 5.70. The van der Waals surface area contributed by atoms with Gasteiger partial charge in [-0.2, -0.15) is 0 Å². The van der Waals surface area contributed by atoms with Crippen LogP contribution in [0.15, 0.2) is 33.2 Å². The Morgan fingerprint density at radius 1 is 1.32 bits per heavy atom. The summed E-state index contributed by atoms with van der Waals surface area (Å²) in [6.07, 6.45) is 3.74. The van der Waals surface area contributed by atoms with Gasteiger partial charge in [-0.25, -0.2) is 0 Å². The smallest absolute Gasteiger partial charge is 0.248 e. The van der Waals surface area contributed by atoms with E-state index >= 15 is 0 Å². The van der Waals surface area contributed by atoms with Gasteiger partial charge in [-0.1, -0.05) is 12.1 Å². The third-order valence-corrected chi connectivity index (χ3v) is 4.39. The van der Waals surface area contributed by atoms with E-state index < -0.39 is 0 Å². The lowest BCUT2D eigenvalue weighted by Crippen LogP contribution is -2.47. The number of halogens is 1. The minimum Gasteiger partial charge on any atom is -0.419 e. The van der Waals surface area contributed by atoms with Gasteiger partial charge in [-0.15, -0.1) is 10.2 Å². The van der Waals surface area contributed by atoms with E-state index in [4.69, 9.17) is 4.42 Å². The highest BCUT2D eigenvalue weighted by molar-refractivity contribution is 9.10. The molecule has 5 heteroatoms. The summed E-state index contributed by atoms with van der Waals surface area (Å²) in [5, 5.41) is 11.7. The number of nitrogens with zero attached hydrogens (tertiary/aromatic N) is 2. The molecule has 1 aromatic carbocycles. The van der Waals surface area contributed by atoms with Crippen LogP contribution >= 0.6 is 15.9 Å². The van der Waals surface area contributed by atoms with Crippen molar-refractivity contribution in [2.75, 3.05) is 0 Å². The zero-order valence-electron chi connectivity index (χ0n) is 10.8. The molecule has 1 aliphatic carbocycles. The Morgan fingerprint density at radius 2 is 2.11 bits per heavy atom. The highest BCUT2D eigenvalue weighted by atomic mass is 79.9. The molecule has 0 atom stereocenters. The van der Waals surface area contributed by atoms with Crippen molar-refractivity contribution in [1.82, 2.24) is 15.5 Å². The SMILES string of the molecule is CC1(NCc2nnc(-c3ccccc3Br)o2)CCC1. The molecule has 0 unspecified atom stereocenters. The molecule has 0 amide bonds. The summed E-state index contributed by atoms with van der Waals surface area (Å²) < 4.78 is 6.66. The molecule has 0 bridgehead atoms. The summed E-state index contributed by atoms with van der Waals surface area (Å²) in [6, 6.07) is 7.84. The Bertz CT molecular complexity index is 578. The number of aromatic nitrogens is 2. The Labute approximate surface area is 120 Å². The molecule has 19 heavy (non-hydrogen) atoms. The second-order valence-corrected chi connectivity index (χ2v) is 6.10. The molecule has 0 spiro atoms. The second kappa shape index (κ2) is 5.06. The summed E-state index contributed by atoms with van der Waals surface area (Å²) in [5.41, 5.74) is 1.18. The minimum absolute atomic E-state index is 0.252. The molecule has 0 radical (unpaired) electrons. The van der Waals surface area contributed by atoms with Gasteiger partial charge in [0.25, 0.3) is 0 Å². The van der Waals surface area contributed by atoms with Crippen LogP contribution in [0.5, 0.6) is 0 Å². The molecule has 100 valence electrons. The molecule has 3 rings (SSSR count). The molecule has 4 nitrogen and oxygen atoms in total. The van der Waals surface area contributed by atoms with Gasteiger partial charge < -0.3 is 9.73 Å². The monoisotopic (exact) mass is 321 g/mol. The van der Waals surface area contributed by atoms with Gasteiger partial charge in [0.1, 0.15) is 0 Å². The summed E-state index contributed by atoms with van der Waals surface area (Å²) in [5.74, 6) is 1.20. The number of nitrogens with one attached hydrogen (secondary N) is 1. The summed E-state index contributed by atoms with van der Waals surface area (Å²) in [6.45, 7) is 2.87. The molecule has 1 N–H and O–H groups in total. The second-order valence-electron chi connectivity index (χ2n) is 5.25. The lowest BCUT2D eigenvalue weighted by atomic mass is 9.78. The van der Waals surface area contributed by atoms with Gasteiger partial charge in [-0.05, 0) is 54.2 Å². The largest absolute Gasteiger partial charge is 0.419 e. The average molecular weight is 322 g/mol. The fourth-order valence-electron chi connectivity index (χ4n) is 2.24. The molecule has 1 fully saturated rings. The first-order valence-corrected chi connectivity index (χ1v) is 7.28. The molecule has 1 saturated carbocycles. The number of rotatable bonds is 4. The highest BCUT2D eigenvalue weighted by Crippen LogP contribution is 2.31.